The average molecular weight is 276 g/mol. The smallest absolute Gasteiger partial charge is 0.161 e. The summed E-state index contributed by atoms with van der Waals surface area (Å²) in [6, 6.07) is 5.29. The molecule has 1 atom stereocenters. The number of hydrogen-bond acceptors (Lipinski definition) is 3. The molecule has 0 radical (unpaired) electrons. The van der Waals surface area contributed by atoms with Crippen LogP contribution in [0.15, 0.2) is 18.2 Å². The van der Waals surface area contributed by atoms with Gasteiger partial charge in [0.25, 0.3) is 0 Å². The van der Waals surface area contributed by atoms with Gasteiger partial charge in [0.15, 0.2) is 11.5 Å². The quantitative estimate of drug-likeness (QED) is 0.734. The Kier molecular flexibility index (Phi) is 5.45. The molecular formula is C17H24O3. The summed E-state index contributed by atoms with van der Waals surface area (Å²) in [5, 5.41) is 0. The Labute approximate surface area is 121 Å². The molecule has 3 heteroatoms. The zero-order valence-corrected chi connectivity index (χ0v) is 12.4. The summed E-state index contributed by atoms with van der Waals surface area (Å²) in [6.45, 7) is 2.98. The van der Waals surface area contributed by atoms with Crippen LogP contribution in [0.2, 0.25) is 0 Å². The first-order valence-electron chi connectivity index (χ1n) is 7.50. The number of benzene rings is 1. The van der Waals surface area contributed by atoms with Crippen molar-refractivity contribution < 1.29 is 14.3 Å². The number of carbonyl (C=O) groups excluding carboxylic acids is 1. The second-order valence-corrected chi connectivity index (χ2v) is 5.71. The summed E-state index contributed by atoms with van der Waals surface area (Å²) in [6.07, 6.45) is 7.55. The Bertz CT molecular complexity index is 436. The highest BCUT2D eigenvalue weighted by Crippen LogP contribution is 2.32. The van der Waals surface area contributed by atoms with Gasteiger partial charge in [-0.05, 0) is 30.0 Å². The summed E-state index contributed by atoms with van der Waals surface area (Å²) in [5.74, 6) is 2.70. The van der Waals surface area contributed by atoms with E-state index in [1.165, 1.54) is 32.1 Å². The predicted octanol–water partition coefficient (Wildman–Crippen LogP) is 4.10. The van der Waals surface area contributed by atoms with Crippen LogP contribution in [0, 0.1) is 11.8 Å². The standard InChI is InChI=1S/C17H24O3/c1-13(15-6-4-3-5-7-15)12-20-16-9-8-14(11-18)10-17(16)19-2/h8-11,13,15H,3-7,12H2,1-2H3. The molecule has 1 fully saturated rings. The molecule has 110 valence electrons. The highest BCUT2D eigenvalue weighted by Gasteiger charge is 2.20. The van der Waals surface area contributed by atoms with E-state index < -0.39 is 0 Å². The molecule has 0 N–H and O–H groups in total. The van der Waals surface area contributed by atoms with Gasteiger partial charge in [-0.2, -0.15) is 0 Å². The van der Waals surface area contributed by atoms with E-state index in [1.807, 2.05) is 6.07 Å². The van der Waals surface area contributed by atoms with Crippen LogP contribution in [0.1, 0.15) is 49.4 Å². The van der Waals surface area contributed by atoms with Crippen molar-refractivity contribution in [2.24, 2.45) is 11.8 Å². The lowest BCUT2D eigenvalue weighted by Crippen LogP contribution is -2.21. The summed E-state index contributed by atoms with van der Waals surface area (Å²) in [7, 11) is 1.60. The van der Waals surface area contributed by atoms with Crippen molar-refractivity contribution in [3.05, 3.63) is 23.8 Å². The van der Waals surface area contributed by atoms with Crippen LogP contribution < -0.4 is 9.47 Å². The minimum atomic E-state index is 0.561. The van der Waals surface area contributed by atoms with Gasteiger partial charge in [-0.1, -0.05) is 39.0 Å². The number of carbonyl (C=O) groups is 1. The van der Waals surface area contributed by atoms with Gasteiger partial charge in [0.1, 0.15) is 6.29 Å². The SMILES string of the molecule is COc1cc(C=O)ccc1OCC(C)C1CCCCC1. The minimum Gasteiger partial charge on any atom is -0.493 e. The zero-order chi connectivity index (χ0) is 14.4. The molecule has 0 amide bonds. The lowest BCUT2D eigenvalue weighted by molar-refractivity contribution is 0.112. The zero-order valence-electron chi connectivity index (χ0n) is 12.4. The van der Waals surface area contributed by atoms with Crippen LogP contribution >= 0.6 is 0 Å². The van der Waals surface area contributed by atoms with Gasteiger partial charge in [-0.25, -0.2) is 0 Å². The third kappa shape index (κ3) is 3.75. The Morgan fingerprint density at radius 1 is 1.25 bits per heavy atom. The molecule has 0 aromatic heterocycles. The maximum Gasteiger partial charge on any atom is 0.161 e. The summed E-state index contributed by atoms with van der Waals surface area (Å²) < 4.78 is 11.2. The minimum absolute atomic E-state index is 0.561. The summed E-state index contributed by atoms with van der Waals surface area (Å²) >= 11 is 0. The van der Waals surface area contributed by atoms with Gasteiger partial charge < -0.3 is 9.47 Å². The van der Waals surface area contributed by atoms with Crippen LogP contribution in [-0.2, 0) is 0 Å². The number of methoxy groups -OCH3 is 1. The van der Waals surface area contributed by atoms with Gasteiger partial charge >= 0.3 is 0 Å². The molecule has 1 unspecified atom stereocenters. The highest BCUT2D eigenvalue weighted by molar-refractivity contribution is 5.76. The number of ether oxygens (including phenoxy) is 2. The first-order chi connectivity index (χ1) is 9.74. The van der Waals surface area contributed by atoms with E-state index in [4.69, 9.17) is 9.47 Å². The van der Waals surface area contributed by atoms with E-state index in [1.54, 1.807) is 19.2 Å². The normalized spacial score (nSPS) is 17.5. The highest BCUT2D eigenvalue weighted by atomic mass is 16.5. The van der Waals surface area contributed by atoms with Gasteiger partial charge in [0.05, 0.1) is 13.7 Å². The van der Waals surface area contributed by atoms with Gasteiger partial charge in [0.2, 0.25) is 0 Å². The molecule has 0 aliphatic heterocycles. The molecule has 1 aromatic carbocycles. The Morgan fingerprint density at radius 3 is 2.65 bits per heavy atom. The largest absolute Gasteiger partial charge is 0.493 e. The lowest BCUT2D eigenvalue weighted by Gasteiger charge is -2.27. The molecule has 0 heterocycles. The fraction of sp³-hybridized carbons (Fsp3) is 0.588. The van der Waals surface area contributed by atoms with Gasteiger partial charge in [-0.15, -0.1) is 0 Å². The number of hydrogen-bond donors (Lipinski definition) is 0. The Morgan fingerprint density at radius 2 is 2.00 bits per heavy atom. The predicted molar refractivity (Wildman–Crippen MR) is 79.6 cm³/mol. The van der Waals surface area contributed by atoms with Gasteiger partial charge in [-0.3, -0.25) is 4.79 Å². The van der Waals surface area contributed by atoms with Gasteiger partial charge in [0, 0.05) is 5.56 Å². The second-order valence-electron chi connectivity index (χ2n) is 5.71. The first kappa shape index (κ1) is 14.9. The van der Waals surface area contributed by atoms with Crippen molar-refractivity contribution in [3.63, 3.8) is 0 Å². The number of aldehydes is 1. The molecule has 20 heavy (non-hydrogen) atoms. The lowest BCUT2D eigenvalue weighted by atomic mass is 9.81. The van der Waals surface area contributed by atoms with E-state index in [2.05, 4.69) is 6.92 Å². The Hall–Kier alpha value is -1.51. The van der Waals surface area contributed by atoms with Crippen molar-refractivity contribution in [3.8, 4) is 11.5 Å². The average Bonchev–Trinajstić information content (AvgIpc) is 2.53. The summed E-state index contributed by atoms with van der Waals surface area (Å²) in [5.41, 5.74) is 0.606. The topological polar surface area (TPSA) is 35.5 Å². The molecule has 1 aliphatic rings. The van der Waals surface area contributed by atoms with E-state index in [0.29, 0.717) is 23.8 Å². The first-order valence-corrected chi connectivity index (χ1v) is 7.50. The summed E-state index contributed by atoms with van der Waals surface area (Å²) in [4.78, 5) is 10.8. The van der Waals surface area contributed by atoms with Crippen molar-refractivity contribution in [1.82, 2.24) is 0 Å². The van der Waals surface area contributed by atoms with E-state index in [9.17, 15) is 4.79 Å². The maximum atomic E-state index is 10.8. The van der Waals surface area contributed by atoms with Crippen molar-refractivity contribution >= 4 is 6.29 Å². The second kappa shape index (κ2) is 7.32. The third-order valence-corrected chi connectivity index (χ3v) is 4.28. The molecule has 1 saturated carbocycles. The fourth-order valence-electron chi connectivity index (χ4n) is 2.94. The molecule has 1 aromatic rings. The maximum absolute atomic E-state index is 10.8. The van der Waals surface area contributed by atoms with E-state index in [-0.39, 0.29) is 0 Å². The van der Waals surface area contributed by atoms with Crippen LogP contribution in [-0.4, -0.2) is 20.0 Å². The van der Waals surface area contributed by atoms with Crippen LogP contribution in [0.3, 0.4) is 0 Å². The van der Waals surface area contributed by atoms with Crippen LogP contribution in [0.25, 0.3) is 0 Å². The van der Waals surface area contributed by atoms with Crippen molar-refractivity contribution in [2.75, 3.05) is 13.7 Å². The molecule has 0 saturated heterocycles. The van der Waals surface area contributed by atoms with Crippen LogP contribution in [0.5, 0.6) is 11.5 Å². The third-order valence-electron chi connectivity index (χ3n) is 4.28. The number of rotatable bonds is 6. The molecule has 0 spiro atoms. The van der Waals surface area contributed by atoms with E-state index >= 15 is 0 Å². The van der Waals surface area contributed by atoms with Crippen LogP contribution in [0.4, 0.5) is 0 Å². The molecule has 2 rings (SSSR count). The molecule has 3 nitrogen and oxygen atoms in total. The Balaban J connectivity index is 1.94. The molecule has 0 bridgehead atoms. The van der Waals surface area contributed by atoms with Crippen molar-refractivity contribution in [1.29, 1.82) is 0 Å². The van der Waals surface area contributed by atoms with Crippen molar-refractivity contribution in [2.45, 2.75) is 39.0 Å². The fourth-order valence-corrected chi connectivity index (χ4v) is 2.94. The molecule has 1 aliphatic carbocycles. The van der Waals surface area contributed by atoms with E-state index in [0.717, 1.165) is 18.0 Å². The molecular weight excluding hydrogens is 252 g/mol. The monoisotopic (exact) mass is 276 g/mol.